The van der Waals surface area contributed by atoms with E-state index in [4.69, 9.17) is 22.8 Å². The molecule has 0 aliphatic heterocycles. The third-order valence-corrected chi connectivity index (χ3v) is 8.52. The Bertz CT molecular complexity index is 609. The van der Waals surface area contributed by atoms with E-state index in [9.17, 15) is 4.79 Å². The minimum absolute atomic E-state index is 0.209. The first-order valence-corrected chi connectivity index (χ1v) is 14.0. The first-order valence-electron chi connectivity index (χ1n) is 12.1. The molecular weight excluding hydrogens is 426 g/mol. The Labute approximate surface area is 194 Å². The Morgan fingerprint density at radius 3 is 2.16 bits per heavy atom. The summed E-state index contributed by atoms with van der Waals surface area (Å²) in [5.74, 6) is 0.565. The molecule has 1 aliphatic rings. The van der Waals surface area contributed by atoms with E-state index >= 15 is 0 Å². The van der Waals surface area contributed by atoms with Crippen LogP contribution in [-0.2, 0) is 22.8 Å². The van der Waals surface area contributed by atoms with Crippen molar-refractivity contribution in [3.05, 3.63) is 30.3 Å². The number of hydrogen-bond donors (Lipinski definition) is 0. The van der Waals surface area contributed by atoms with E-state index in [1.54, 1.807) is 0 Å². The molecule has 1 aromatic carbocycles. The van der Waals surface area contributed by atoms with Gasteiger partial charge in [0.1, 0.15) is 19.0 Å². The van der Waals surface area contributed by atoms with Gasteiger partial charge < -0.3 is 22.8 Å². The van der Waals surface area contributed by atoms with Crippen molar-refractivity contribution in [3.8, 4) is 5.75 Å². The monoisotopic (exact) mass is 467 g/mol. The van der Waals surface area contributed by atoms with Crippen LogP contribution in [0.15, 0.2) is 30.3 Å². The molecule has 1 fully saturated rings. The SMILES string of the molecule is CCO[Si](CN(CCC(=O)OCCOc1ccccc1)C1CCCCC1)(OCC)OCC. The molecule has 0 spiro atoms. The molecular formula is C24H41NO6Si. The lowest BCUT2D eigenvalue weighted by atomic mass is 9.94. The highest BCUT2D eigenvalue weighted by Crippen LogP contribution is 2.25. The molecule has 2 rings (SSSR count). The maximum Gasteiger partial charge on any atom is 0.515 e. The average molecular weight is 468 g/mol. The van der Waals surface area contributed by atoms with E-state index in [0.717, 1.165) is 18.6 Å². The highest BCUT2D eigenvalue weighted by Gasteiger charge is 2.44. The zero-order chi connectivity index (χ0) is 23.1. The van der Waals surface area contributed by atoms with E-state index in [0.29, 0.717) is 51.6 Å². The molecule has 0 N–H and O–H groups in total. The summed E-state index contributed by atoms with van der Waals surface area (Å²) in [5, 5.41) is 0. The molecule has 0 bridgehead atoms. The van der Waals surface area contributed by atoms with Gasteiger partial charge in [-0.05, 0) is 45.7 Å². The van der Waals surface area contributed by atoms with Gasteiger partial charge in [0.05, 0.1) is 12.6 Å². The van der Waals surface area contributed by atoms with Crippen molar-refractivity contribution >= 4 is 14.8 Å². The van der Waals surface area contributed by atoms with Gasteiger partial charge in [0.25, 0.3) is 0 Å². The van der Waals surface area contributed by atoms with Crippen molar-refractivity contribution in [1.82, 2.24) is 4.90 Å². The lowest BCUT2D eigenvalue weighted by molar-refractivity contribution is -0.144. The summed E-state index contributed by atoms with van der Waals surface area (Å²) in [6.45, 7) is 8.77. The predicted molar refractivity (Wildman–Crippen MR) is 127 cm³/mol. The molecule has 8 heteroatoms. The number of rotatable bonds is 16. The number of benzene rings is 1. The molecule has 0 radical (unpaired) electrons. The topological polar surface area (TPSA) is 66.5 Å². The Morgan fingerprint density at radius 1 is 0.938 bits per heavy atom. The molecule has 7 nitrogen and oxygen atoms in total. The standard InChI is InChI=1S/C24H41NO6Si/c1-4-29-32(30-5-2,31-6-3)21-25(22-13-9-7-10-14-22)18-17-24(26)28-20-19-27-23-15-11-8-12-16-23/h8,11-12,15-16,22H,4-7,9-10,13-14,17-21H2,1-3H3. The number of nitrogens with zero attached hydrogens (tertiary/aromatic N) is 1. The predicted octanol–water partition coefficient (Wildman–Crippen LogP) is 4.22. The fourth-order valence-electron chi connectivity index (χ4n) is 4.15. The smallest absolute Gasteiger partial charge is 0.490 e. The van der Waals surface area contributed by atoms with Gasteiger partial charge in [-0.2, -0.15) is 0 Å². The van der Waals surface area contributed by atoms with Crippen LogP contribution in [0, 0.1) is 0 Å². The molecule has 0 saturated heterocycles. The minimum atomic E-state index is -2.83. The van der Waals surface area contributed by atoms with Crippen LogP contribution in [0.5, 0.6) is 5.75 Å². The molecule has 1 aliphatic carbocycles. The molecule has 0 unspecified atom stereocenters. The summed E-state index contributed by atoms with van der Waals surface area (Å²) in [6, 6.07) is 9.95. The first-order chi connectivity index (χ1) is 15.6. The van der Waals surface area contributed by atoms with Gasteiger partial charge in [0.15, 0.2) is 0 Å². The highest BCUT2D eigenvalue weighted by molar-refractivity contribution is 6.60. The molecule has 1 saturated carbocycles. The molecule has 0 atom stereocenters. The second-order valence-corrected chi connectivity index (χ2v) is 10.4. The molecule has 0 heterocycles. The summed E-state index contributed by atoms with van der Waals surface area (Å²) >= 11 is 0. The lowest BCUT2D eigenvalue weighted by Gasteiger charge is -2.39. The quantitative estimate of drug-likeness (QED) is 0.205. The summed E-state index contributed by atoms with van der Waals surface area (Å²) in [5.41, 5.74) is 0. The molecule has 0 amide bonds. The van der Waals surface area contributed by atoms with Gasteiger partial charge in [-0.15, -0.1) is 0 Å². The third-order valence-electron chi connectivity index (χ3n) is 5.54. The fourth-order valence-corrected chi connectivity index (χ4v) is 6.90. The molecule has 32 heavy (non-hydrogen) atoms. The van der Waals surface area contributed by atoms with Crippen LogP contribution in [0.4, 0.5) is 0 Å². The number of para-hydroxylation sites is 1. The number of hydrogen-bond acceptors (Lipinski definition) is 7. The zero-order valence-electron chi connectivity index (χ0n) is 20.1. The van der Waals surface area contributed by atoms with Crippen molar-refractivity contribution in [3.63, 3.8) is 0 Å². The second-order valence-electron chi connectivity index (χ2n) is 7.88. The zero-order valence-corrected chi connectivity index (χ0v) is 21.1. The van der Waals surface area contributed by atoms with Gasteiger partial charge in [0, 0.05) is 32.4 Å². The van der Waals surface area contributed by atoms with Crippen molar-refractivity contribution in [1.29, 1.82) is 0 Å². The summed E-state index contributed by atoms with van der Waals surface area (Å²) in [7, 11) is -2.83. The minimum Gasteiger partial charge on any atom is -0.490 e. The maximum atomic E-state index is 12.4. The average Bonchev–Trinajstić information content (AvgIpc) is 2.81. The van der Waals surface area contributed by atoms with Crippen molar-refractivity contribution in [2.45, 2.75) is 65.3 Å². The Hall–Kier alpha value is -1.45. The van der Waals surface area contributed by atoms with Crippen molar-refractivity contribution in [2.75, 3.05) is 45.7 Å². The van der Waals surface area contributed by atoms with Gasteiger partial charge in [0.2, 0.25) is 0 Å². The van der Waals surface area contributed by atoms with E-state index in [1.807, 2.05) is 51.1 Å². The summed E-state index contributed by atoms with van der Waals surface area (Å²) in [4.78, 5) is 14.8. The Balaban J connectivity index is 1.89. The number of carbonyl (C=O) groups excluding carboxylic acids is 1. The van der Waals surface area contributed by atoms with E-state index in [2.05, 4.69) is 4.90 Å². The van der Waals surface area contributed by atoms with Crippen LogP contribution in [0.25, 0.3) is 0 Å². The van der Waals surface area contributed by atoms with Crippen LogP contribution < -0.4 is 4.74 Å². The molecule has 182 valence electrons. The summed E-state index contributed by atoms with van der Waals surface area (Å²) in [6.07, 6.45) is 6.92. The van der Waals surface area contributed by atoms with Crippen molar-refractivity contribution < 1.29 is 27.5 Å². The molecule has 0 aromatic heterocycles. The Morgan fingerprint density at radius 2 is 1.56 bits per heavy atom. The van der Waals surface area contributed by atoms with Crippen LogP contribution in [0.2, 0.25) is 0 Å². The second kappa shape index (κ2) is 15.4. The van der Waals surface area contributed by atoms with E-state index < -0.39 is 8.80 Å². The highest BCUT2D eigenvalue weighted by atomic mass is 28.4. The van der Waals surface area contributed by atoms with Crippen LogP contribution >= 0.6 is 0 Å². The van der Waals surface area contributed by atoms with E-state index in [-0.39, 0.29) is 12.6 Å². The normalized spacial score (nSPS) is 15.1. The van der Waals surface area contributed by atoms with Gasteiger partial charge in [-0.3, -0.25) is 9.69 Å². The Kier molecular flexibility index (Phi) is 12.9. The number of esters is 1. The maximum absolute atomic E-state index is 12.4. The van der Waals surface area contributed by atoms with Crippen LogP contribution in [0.1, 0.15) is 59.3 Å². The summed E-state index contributed by atoms with van der Waals surface area (Å²) < 4.78 is 29.2. The first kappa shape index (κ1) is 26.8. The fraction of sp³-hybridized carbons (Fsp3) is 0.708. The van der Waals surface area contributed by atoms with Crippen molar-refractivity contribution in [2.24, 2.45) is 0 Å². The lowest BCUT2D eigenvalue weighted by Crippen LogP contribution is -2.58. The van der Waals surface area contributed by atoms with Gasteiger partial charge in [-0.25, -0.2) is 0 Å². The van der Waals surface area contributed by atoms with E-state index in [1.165, 1.54) is 19.3 Å². The number of ether oxygens (including phenoxy) is 2. The number of carbonyl (C=O) groups is 1. The largest absolute Gasteiger partial charge is 0.515 e. The van der Waals surface area contributed by atoms with Crippen LogP contribution in [0.3, 0.4) is 0 Å². The van der Waals surface area contributed by atoms with Crippen LogP contribution in [-0.4, -0.2) is 71.5 Å². The third kappa shape index (κ3) is 9.58. The van der Waals surface area contributed by atoms with Gasteiger partial charge in [-0.1, -0.05) is 37.5 Å². The van der Waals surface area contributed by atoms with Gasteiger partial charge >= 0.3 is 14.8 Å². The molecule has 1 aromatic rings.